The molecule has 0 spiro atoms. The Morgan fingerprint density at radius 1 is 1.45 bits per heavy atom. The highest BCUT2D eigenvalue weighted by molar-refractivity contribution is 6.01. The van der Waals surface area contributed by atoms with E-state index in [1.54, 1.807) is 36.9 Å². The number of hydrogen-bond acceptors (Lipinski definition) is 4. The van der Waals surface area contributed by atoms with E-state index >= 15 is 0 Å². The van der Waals surface area contributed by atoms with Gasteiger partial charge in [0, 0.05) is 24.8 Å². The van der Waals surface area contributed by atoms with Gasteiger partial charge in [0.25, 0.3) is 5.91 Å². The number of piperazine rings is 1. The molecule has 3 N–H and O–H groups in total. The Bertz CT molecular complexity index is 555. The van der Waals surface area contributed by atoms with Crippen molar-refractivity contribution in [2.75, 3.05) is 25.9 Å². The van der Waals surface area contributed by atoms with Crippen molar-refractivity contribution in [2.24, 2.45) is 0 Å². The lowest BCUT2D eigenvalue weighted by molar-refractivity contribution is -0.133. The quantitative estimate of drug-likeness (QED) is 0.776. The van der Waals surface area contributed by atoms with Crippen molar-refractivity contribution in [1.29, 1.82) is 0 Å². The first kappa shape index (κ1) is 14.2. The smallest absolute Gasteiger partial charge is 0.258 e. The van der Waals surface area contributed by atoms with E-state index in [2.05, 4.69) is 5.32 Å². The summed E-state index contributed by atoms with van der Waals surface area (Å²) in [5.41, 5.74) is 5.73. The number of methoxy groups -OCH3 is 1. The molecule has 0 bridgehead atoms. The maximum atomic E-state index is 12.7. The van der Waals surface area contributed by atoms with Gasteiger partial charge in [-0.25, -0.2) is 0 Å². The summed E-state index contributed by atoms with van der Waals surface area (Å²) in [6.07, 6.45) is 0. The van der Waals surface area contributed by atoms with Gasteiger partial charge in [-0.1, -0.05) is 0 Å². The average molecular weight is 277 g/mol. The van der Waals surface area contributed by atoms with Crippen LogP contribution in [-0.2, 0) is 4.79 Å². The minimum absolute atomic E-state index is 0.161. The van der Waals surface area contributed by atoms with Gasteiger partial charge in [0.2, 0.25) is 5.91 Å². The molecular weight excluding hydrogens is 258 g/mol. The van der Waals surface area contributed by atoms with E-state index in [0.717, 1.165) is 0 Å². The third-order valence-electron chi connectivity index (χ3n) is 3.55. The molecular formula is C14H19N3O3. The predicted octanol–water partition coefficient (Wildman–Crippen LogP) is 0.628. The topological polar surface area (TPSA) is 84.7 Å². The minimum atomic E-state index is -0.887. The van der Waals surface area contributed by atoms with Gasteiger partial charge in [0.05, 0.1) is 12.7 Å². The highest BCUT2D eigenvalue weighted by Crippen LogP contribution is 2.27. The zero-order valence-electron chi connectivity index (χ0n) is 11.9. The van der Waals surface area contributed by atoms with Crippen LogP contribution in [0, 0.1) is 0 Å². The summed E-state index contributed by atoms with van der Waals surface area (Å²) in [6.45, 7) is 4.36. The fourth-order valence-electron chi connectivity index (χ4n) is 2.28. The lowest BCUT2D eigenvalue weighted by Crippen LogP contribution is -2.63. The molecule has 0 aliphatic carbocycles. The van der Waals surface area contributed by atoms with Crippen molar-refractivity contribution in [3.63, 3.8) is 0 Å². The summed E-state index contributed by atoms with van der Waals surface area (Å²) in [6, 6.07) is 4.87. The lowest BCUT2D eigenvalue weighted by atomic mass is 9.97. The fraction of sp³-hybridized carbons (Fsp3) is 0.429. The number of nitrogens with zero attached hydrogens (tertiary/aromatic N) is 1. The molecule has 1 heterocycles. The molecule has 0 radical (unpaired) electrons. The second kappa shape index (κ2) is 5.03. The fourth-order valence-corrected chi connectivity index (χ4v) is 2.28. The number of benzene rings is 1. The zero-order valence-corrected chi connectivity index (χ0v) is 11.9. The van der Waals surface area contributed by atoms with Crippen LogP contribution in [0.4, 0.5) is 5.69 Å². The Balaban J connectivity index is 2.38. The zero-order chi connectivity index (χ0) is 14.9. The number of rotatable bonds is 2. The molecule has 1 aromatic rings. The van der Waals surface area contributed by atoms with E-state index in [1.165, 1.54) is 7.11 Å². The number of ether oxygens (including phenoxy) is 1. The van der Waals surface area contributed by atoms with E-state index < -0.39 is 5.54 Å². The average Bonchev–Trinajstić information content (AvgIpc) is 2.41. The first-order valence-electron chi connectivity index (χ1n) is 6.41. The molecule has 1 fully saturated rings. The van der Waals surface area contributed by atoms with Gasteiger partial charge in [-0.05, 0) is 26.0 Å². The maximum absolute atomic E-state index is 12.7. The van der Waals surface area contributed by atoms with Crippen LogP contribution in [0.2, 0.25) is 0 Å². The molecule has 108 valence electrons. The number of nitrogens with one attached hydrogen (secondary N) is 1. The summed E-state index contributed by atoms with van der Waals surface area (Å²) >= 11 is 0. The highest BCUT2D eigenvalue weighted by atomic mass is 16.5. The van der Waals surface area contributed by atoms with Crippen molar-refractivity contribution in [1.82, 2.24) is 10.2 Å². The van der Waals surface area contributed by atoms with E-state index in [0.29, 0.717) is 30.1 Å². The van der Waals surface area contributed by atoms with Crippen molar-refractivity contribution in [2.45, 2.75) is 19.4 Å². The van der Waals surface area contributed by atoms with Gasteiger partial charge >= 0.3 is 0 Å². The standard InChI is InChI=1S/C14H19N3O3/c1-14(2)13(19)16-6-7-17(14)12(18)10-5-4-9(15)8-11(10)20-3/h4-5,8H,6-7,15H2,1-3H3,(H,16,19). The second-order valence-electron chi connectivity index (χ2n) is 5.23. The monoisotopic (exact) mass is 277 g/mol. The van der Waals surface area contributed by atoms with Gasteiger partial charge in [-0.15, -0.1) is 0 Å². The number of anilines is 1. The van der Waals surface area contributed by atoms with Crippen LogP contribution in [-0.4, -0.2) is 42.5 Å². The molecule has 0 atom stereocenters. The second-order valence-corrected chi connectivity index (χ2v) is 5.23. The van der Waals surface area contributed by atoms with Crippen LogP contribution >= 0.6 is 0 Å². The third-order valence-corrected chi connectivity index (χ3v) is 3.55. The molecule has 1 aromatic carbocycles. The summed E-state index contributed by atoms with van der Waals surface area (Å²) in [5.74, 6) is 0.0185. The Morgan fingerprint density at radius 2 is 2.15 bits per heavy atom. The molecule has 1 aliphatic heterocycles. The molecule has 6 nitrogen and oxygen atoms in total. The van der Waals surface area contributed by atoms with E-state index in [9.17, 15) is 9.59 Å². The first-order chi connectivity index (χ1) is 9.37. The molecule has 20 heavy (non-hydrogen) atoms. The Morgan fingerprint density at radius 3 is 2.80 bits per heavy atom. The number of carbonyl (C=O) groups excluding carboxylic acids is 2. The Labute approximate surface area is 117 Å². The van der Waals surface area contributed by atoms with Gasteiger partial charge in [0.1, 0.15) is 11.3 Å². The van der Waals surface area contributed by atoms with Crippen LogP contribution in [0.15, 0.2) is 18.2 Å². The lowest BCUT2D eigenvalue weighted by Gasteiger charge is -2.41. The Hall–Kier alpha value is -2.24. The van der Waals surface area contributed by atoms with Gasteiger partial charge < -0.3 is 20.7 Å². The minimum Gasteiger partial charge on any atom is -0.496 e. The molecule has 1 aliphatic rings. The predicted molar refractivity (Wildman–Crippen MR) is 75.5 cm³/mol. The van der Waals surface area contributed by atoms with Gasteiger partial charge in [-0.2, -0.15) is 0 Å². The molecule has 1 saturated heterocycles. The van der Waals surface area contributed by atoms with Crippen LogP contribution in [0.5, 0.6) is 5.75 Å². The highest BCUT2D eigenvalue weighted by Gasteiger charge is 2.41. The number of amides is 2. The molecule has 6 heteroatoms. The summed E-state index contributed by atoms with van der Waals surface area (Å²) < 4.78 is 5.21. The molecule has 0 unspecified atom stereocenters. The first-order valence-corrected chi connectivity index (χ1v) is 6.41. The van der Waals surface area contributed by atoms with Crippen molar-refractivity contribution in [3.8, 4) is 5.75 Å². The van der Waals surface area contributed by atoms with Crippen LogP contribution in [0.25, 0.3) is 0 Å². The molecule has 2 rings (SSSR count). The summed E-state index contributed by atoms with van der Waals surface area (Å²) in [4.78, 5) is 26.1. The van der Waals surface area contributed by atoms with Gasteiger partial charge in [-0.3, -0.25) is 9.59 Å². The maximum Gasteiger partial charge on any atom is 0.258 e. The molecule has 0 aromatic heterocycles. The number of nitrogens with two attached hydrogens (primary N) is 1. The summed E-state index contributed by atoms with van der Waals surface area (Å²) in [7, 11) is 1.49. The normalized spacial score (nSPS) is 17.6. The van der Waals surface area contributed by atoms with Crippen LogP contribution < -0.4 is 15.8 Å². The van der Waals surface area contributed by atoms with E-state index in [1.807, 2.05) is 0 Å². The van der Waals surface area contributed by atoms with E-state index in [-0.39, 0.29) is 11.8 Å². The largest absolute Gasteiger partial charge is 0.496 e. The number of hydrogen-bond donors (Lipinski definition) is 2. The van der Waals surface area contributed by atoms with E-state index in [4.69, 9.17) is 10.5 Å². The van der Waals surface area contributed by atoms with Crippen molar-refractivity contribution >= 4 is 17.5 Å². The van der Waals surface area contributed by atoms with Crippen LogP contribution in [0.3, 0.4) is 0 Å². The number of carbonyl (C=O) groups is 2. The third kappa shape index (κ3) is 2.29. The molecule has 0 saturated carbocycles. The SMILES string of the molecule is COc1cc(N)ccc1C(=O)N1CCNC(=O)C1(C)C. The molecule has 2 amide bonds. The van der Waals surface area contributed by atoms with Crippen molar-refractivity contribution in [3.05, 3.63) is 23.8 Å². The van der Waals surface area contributed by atoms with Gasteiger partial charge in [0.15, 0.2) is 0 Å². The van der Waals surface area contributed by atoms with Crippen LogP contribution in [0.1, 0.15) is 24.2 Å². The van der Waals surface area contributed by atoms with Crippen molar-refractivity contribution < 1.29 is 14.3 Å². The number of nitrogen functional groups attached to an aromatic ring is 1. The Kier molecular flexibility index (Phi) is 3.57. The summed E-state index contributed by atoms with van der Waals surface area (Å²) in [5, 5.41) is 2.76.